The van der Waals surface area contributed by atoms with Crippen LogP contribution in [-0.2, 0) is 15.1 Å². The first-order chi connectivity index (χ1) is 10.4. The summed E-state index contributed by atoms with van der Waals surface area (Å²) in [5.41, 5.74) is -0.232. The second-order valence-corrected chi connectivity index (χ2v) is 6.58. The summed E-state index contributed by atoms with van der Waals surface area (Å²) in [6, 6.07) is 9.74. The zero-order valence-electron chi connectivity index (χ0n) is 13.5. The number of carbonyl (C=O) groups excluding carboxylic acids is 1. The molecule has 1 heterocycles. The molecule has 0 aromatic heterocycles. The number of benzene rings is 1. The Morgan fingerprint density at radius 3 is 2.64 bits per heavy atom. The van der Waals surface area contributed by atoms with Crippen molar-refractivity contribution in [1.82, 2.24) is 4.90 Å². The third kappa shape index (κ3) is 3.99. The molecule has 1 atom stereocenters. The molecule has 1 aliphatic rings. The van der Waals surface area contributed by atoms with Crippen molar-refractivity contribution >= 4 is 6.09 Å². The summed E-state index contributed by atoms with van der Waals surface area (Å²) in [5, 5.41) is 9.44. The zero-order valence-corrected chi connectivity index (χ0v) is 13.5. The Labute approximate surface area is 131 Å². The van der Waals surface area contributed by atoms with Crippen molar-refractivity contribution in [1.29, 1.82) is 0 Å². The third-order valence-electron chi connectivity index (χ3n) is 3.65. The van der Waals surface area contributed by atoms with Gasteiger partial charge in [-0.15, -0.1) is 0 Å². The Morgan fingerprint density at radius 1 is 1.36 bits per heavy atom. The average Bonchev–Trinajstić information content (AvgIpc) is 2.47. The van der Waals surface area contributed by atoms with Crippen LogP contribution in [0, 0.1) is 0 Å². The fourth-order valence-corrected chi connectivity index (χ4v) is 2.66. The van der Waals surface area contributed by atoms with Gasteiger partial charge >= 0.3 is 6.09 Å². The Hall–Kier alpha value is -1.59. The van der Waals surface area contributed by atoms with Gasteiger partial charge in [0, 0.05) is 19.6 Å². The first-order valence-electron chi connectivity index (χ1n) is 7.65. The quantitative estimate of drug-likeness (QED) is 0.932. The number of hydrogen-bond donors (Lipinski definition) is 1. The van der Waals surface area contributed by atoms with E-state index in [1.807, 2.05) is 51.1 Å². The van der Waals surface area contributed by atoms with Gasteiger partial charge in [-0.3, -0.25) is 0 Å². The highest BCUT2D eigenvalue weighted by molar-refractivity contribution is 5.68. The maximum absolute atomic E-state index is 12.3. The van der Waals surface area contributed by atoms with E-state index in [0.29, 0.717) is 26.1 Å². The minimum Gasteiger partial charge on any atom is -0.444 e. The van der Waals surface area contributed by atoms with E-state index in [2.05, 4.69) is 0 Å². The van der Waals surface area contributed by atoms with E-state index < -0.39 is 11.2 Å². The fraction of sp³-hybridized carbons (Fsp3) is 0.588. The summed E-state index contributed by atoms with van der Waals surface area (Å²) in [4.78, 5) is 14.0. The Morgan fingerprint density at radius 2 is 2.05 bits per heavy atom. The van der Waals surface area contributed by atoms with Crippen LogP contribution in [0.1, 0.15) is 32.8 Å². The van der Waals surface area contributed by atoms with E-state index in [1.165, 1.54) is 0 Å². The Balaban J connectivity index is 2.20. The third-order valence-corrected chi connectivity index (χ3v) is 3.65. The van der Waals surface area contributed by atoms with Crippen LogP contribution in [0.4, 0.5) is 4.79 Å². The molecule has 1 fully saturated rings. The lowest BCUT2D eigenvalue weighted by Gasteiger charge is -2.43. The molecule has 0 spiro atoms. The predicted molar refractivity (Wildman–Crippen MR) is 83.6 cm³/mol. The number of amides is 1. The normalized spacial score (nSPS) is 22.5. The van der Waals surface area contributed by atoms with Crippen molar-refractivity contribution in [2.75, 3.05) is 26.3 Å². The average molecular weight is 307 g/mol. The van der Waals surface area contributed by atoms with Crippen LogP contribution in [0.25, 0.3) is 0 Å². The highest BCUT2D eigenvalue weighted by atomic mass is 16.6. The largest absolute Gasteiger partial charge is 0.444 e. The van der Waals surface area contributed by atoms with E-state index >= 15 is 0 Å². The molecule has 0 saturated carbocycles. The standard InChI is InChI=1S/C17H25NO4/c1-16(2,3)22-15(20)18-10-12-21-17(13-18,9-11-19)14-7-5-4-6-8-14/h4-8,19H,9-13H2,1-3H3. The molecule has 0 radical (unpaired) electrons. The summed E-state index contributed by atoms with van der Waals surface area (Å²) in [6.07, 6.45) is 0.102. The van der Waals surface area contributed by atoms with Crippen LogP contribution in [-0.4, -0.2) is 48.0 Å². The van der Waals surface area contributed by atoms with Crippen LogP contribution < -0.4 is 0 Å². The highest BCUT2D eigenvalue weighted by Gasteiger charge is 2.40. The van der Waals surface area contributed by atoms with Crippen molar-refractivity contribution in [3.63, 3.8) is 0 Å². The SMILES string of the molecule is CC(C)(C)OC(=O)N1CCOC(CCO)(c2ccccc2)C1. The fourth-order valence-electron chi connectivity index (χ4n) is 2.66. The molecule has 5 nitrogen and oxygen atoms in total. The molecular formula is C17H25NO4. The maximum atomic E-state index is 12.3. The van der Waals surface area contributed by atoms with Gasteiger partial charge in [0.05, 0.1) is 13.2 Å². The van der Waals surface area contributed by atoms with Gasteiger partial charge in [-0.25, -0.2) is 4.79 Å². The Kier molecular flexibility index (Phi) is 5.08. The smallest absolute Gasteiger partial charge is 0.410 e. The van der Waals surface area contributed by atoms with Gasteiger partial charge in [-0.05, 0) is 26.3 Å². The van der Waals surface area contributed by atoms with E-state index in [9.17, 15) is 9.90 Å². The van der Waals surface area contributed by atoms with Crippen LogP contribution in [0.15, 0.2) is 30.3 Å². The number of rotatable bonds is 3. The lowest BCUT2D eigenvalue weighted by molar-refractivity contribution is -0.123. The van der Waals surface area contributed by atoms with Crippen molar-refractivity contribution in [3.05, 3.63) is 35.9 Å². The lowest BCUT2D eigenvalue weighted by atomic mass is 9.88. The van der Waals surface area contributed by atoms with Crippen molar-refractivity contribution < 1.29 is 19.4 Å². The second-order valence-electron chi connectivity index (χ2n) is 6.58. The topological polar surface area (TPSA) is 59.0 Å². The first kappa shape index (κ1) is 16.8. The van der Waals surface area contributed by atoms with E-state index in [-0.39, 0.29) is 12.7 Å². The van der Waals surface area contributed by atoms with Crippen LogP contribution in [0.5, 0.6) is 0 Å². The molecule has 0 bridgehead atoms. The molecule has 0 aliphatic carbocycles. The summed E-state index contributed by atoms with van der Waals surface area (Å²) in [6.45, 7) is 6.85. The van der Waals surface area contributed by atoms with Gasteiger partial charge in [-0.1, -0.05) is 30.3 Å². The van der Waals surface area contributed by atoms with Crippen LogP contribution in [0.2, 0.25) is 0 Å². The number of nitrogens with zero attached hydrogens (tertiary/aromatic N) is 1. The van der Waals surface area contributed by atoms with Gasteiger partial charge in [0.15, 0.2) is 0 Å². The number of aliphatic hydroxyl groups is 1. The van der Waals surface area contributed by atoms with E-state index in [1.54, 1.807) is 4.90 Å². The molecule has 22 heavy (non-hydrogen) atoms. The number of aliphatic hydroxyl groups excluding tert-OH is 1. The second kappa shape index (κ2) is 6.67. The molecule has 2 rings (SSSR count). The number of carbonyl (C=O) groups is 1. The van der Waals surface area contributed by atoms with Crippen molar-refractivity contribution in [3.8, 4) is 0 Å². The van der Waals surface area contributed by atoms with E-state index in [4.69, 9.17) is 9.47 Å². The molecule has 1 unspecified atom stereocenters. The van der Waals surface area contributed by atoms with Gasteiger partial charge in [0.2, 0.25) is 0 Å². The number of hydrogen-bond acceptors (Lipinski definition) is 4. The lowest BCUT2D eigenvalue weighted by Crippen LogP contribution is -2.53. The zero-order chi connectivity index (χ0) is 16.2. The van der Waals surface area contributed by atoms with Crippen molar-refractivity contribution in [2.45, 2.75) is 38.4 Å². The summed E-state index contributed by atoms with van der Waals surface area (Å²) in [5.74, 6) is 0. The minimum atomic E-state index is -0.675. The molecule has 1 aliphatic heterocycles. The van der Waals surface area contributed by atoms with Gasteiger partial charge < -0.3 is 19.5 Å². The monoisotopic (exact) mass is 307 g/mol. The van der Waals surface area contributed by atoms with Gasteiger partial charge in [0.1, 0.15) is 11.2 Å². The maximum Gasteiger partial charge on any atom is 0.410 e. The van der Waals surface area contributed by atoms with Gasteiger partial charge in [0.25, 0.3) is 0 Å². The molecule has 122 valence electrons. The van der Waals surface area contributed by atoms with Gasteiger partial charge in [-0.2, -0.15) is 0 Å². The van der Waals surface area contributed by atoms with Crippen molar-refractivity contribution in [2.24, 2.45) is 0 Å². The predicted octanol–water partition coefficient (Wildman–Crippen LogP) is 2.53. The highest BCUT2D eigenvalue weighted by Crippen LogP contribution is 2.33. The molecule has 1 aromatic rings. The minimum absolute atomic E-state index is 0.00292. The molecular weight excluding hydrogens is 282 g/mol. The summed E-state index contributed by atoms with van der Waals surface area (Å²) < 4.78 is 11.4. The van der Waals surface area contributed by atoms with Crippen LogP contribution in [0.3, 0.4) is 0 Å². The summed E-state index contributed by atoms with van der Waals surface area (Å²) in [7, 11) is 0. The number of morpholine rings is 1. The molecule has 1 aromatic carbocycles. The molecule has 1 saturated heterocycles. The van der Waals surface area contributed by atoms with E-state index in [0.717, 1.165) is 5.56 Å². The Bertz CT molecular complexity index is 493. The first-order valence-corrected chi connectivity index (χ1v) is 7.65. The molecule has 1 N–H and O–H groups in total. The molecule has 1 amide bonds. The van der Waals surface area contributed by atoms with Crippen LogP contribution >= 0.6 is 0 Å². The summed E-state index contributed by atoms with van der Waals surface area (Å²) >= 11 is 0. The number of ether oxygens (including phenoxy) is 2. The molecule has 5 heteroatoms.